The Hall–Kier alpha value is -1.43. The number of piperidine rings is 1. The molecule has 2 saturated heterocycles. The van der Waals surface area contributed by atoms with Crippen molar-refractivity contribution < 1.29 is 0 Å². The van der Waals surface area contributed by atoms with Crippen LogP contribution in [0.4, 0.5) is 0 Å². The van der Waals surface area contributed by atoms with Crippen LogP contribution in [-0.4, -0.2) is 40.0 Å². The summed E-state index contributed by atoms with van der Waals surface area (Å²) in [7, 11) is 2.13. The zero-order chi connectivity index (χ0) is 16.0. The molecule has 2 aromatic rings. The summed E-state index contributed by atoms with van der Waals surface area (Å²) in [6.07, 6.45) is 4.95. The topological polar surface area (TPSA) is 61.0 Å². The first-order valence-corrected chi connectivity index (χ1v) is 8.61. The predicted octanol–water partition coefficient (Wildman–Crippen LogP) is 2.29. The normalized spacial score (nSPS) is 27.0. The molecule has 4 rings (SSSR count). The molecule has 23 heavy (non-hydrogen) atoms. The summed E-state index contributed by atoms with van der Waals surface area (Å²) in [6, 6.07) is 7.12. The summed E-state index contributed by atoms with van der Waals surface area (Å²) in [4.78, 5) is 22.1. The van der Waals surface area contributed by atoms with Gasteiger partial charge in [0.05, 0.1) is 17.4 Å². The number of halogens is 1. The lowest BCUT2D eigenvalue weighted by Crippen LogP contribution is -2.46. The van der Waals surface area contributed by atoms with E-state index in [4.69, 9.17) is 11.6 Å². The van der Waals surface area contributed by atoms with Gasteiger partial charge in [-0.2, -0.15) is 0 Å². The van der Waals surface area contributed by atoms with Gasteiger partial charge in [0.15, 0.2) is 0 Å². The summed E-state index contributed by atoms with van der Waals surface area (Å²) in [5, 5.41) is 4.77. The van der Waals surface area contributed by atoms with Gasteiger partial charge in [0.25, 0.3) is 5.56 Å². The van der Waals surface area contributed by atoms with Crippen molar-refractivity contribution in [2.75, 3.05) is 7.05 Å². The average Bonchev–Trinajstić information content (AvgIpc) is 2.86. The summed E-state index contributed by atoms with van der Waals surface area (Å²) in [5.41, 5.74) is 0.582. The zero-order valence-corrected chi connectivity index (χ0v) is 13.9. The number of rotatable bonds is 3. The lowest BCUT2D eigenvalue weighted by atomic mass is 9.98. The van der Waals surface area contributed by atoms with Gasteiger partial charge in [-0.1, -0.05) is 11.6 Å². The van der Waals surface area contributed by atoms with E-state index in [-0.39, 0.29) is 5.56 Å². The minimum absolute atomic E-state index is 0.119. The van der Waals surface area contributed by atoms with Gasteiger partial charge in [-0.25, -0.2) is 4.98 Å². The fraction of sp³-hybridized carbons (Fsp3) is 0.529. The number of hydrogen-bond donors (Lipinski definition) is 2. The van der Waals surface area contributed by atoms with Crippen molar-refractivity contribution in [3.05, 3.63) is 39.4 Å². The fourth-order valence-corrected chi connectivity index (χ4v) is 4.16. The Morgan fingerprint density at radius 3 is 2.78 bits per heavy atom. The van der Waals surface area contributed by atoms with Crippen LogP contribution < -0.4 is 10.9 Å². The second kappa shape index (κ2) is 5.89. The summed E-state index contributed by atoms with van der Waals surface area (Å²) in [5.74, 6) is 0.721. The van der Waals surface area contributed by atoms with Gasteiger partial charge in [0, 0.05) is 23.1 Å². The third-order valence-corrected chi connectivity index (χ3v) is 5.42. The van der Waals surface area contributed by atoms with Crippen molar-refractivity contribution in [2.45, 2.75) is 50.4 Å². The smallest absolute Gasteiger partial charge is 0.258 e. The lowest BCUT2D eigenvalue weighted by molar-refractivity contribution is 0.162. The summed E-state index contributed by atoms with van der Waals surface area (Å²) >= 11 is 5.95. The Balaban J connectivity index is 1.55. The molecule has 1 aromatic heterocycles. The number of aromatic nitrogens is 2. The first-order valence-electron chi connectivity index (χ1n) is 8.23. The highest BCUT2D eigenvalue weighted by Crippen LogP contribution is 2.29. The minimum atomic E-state index is -0.119. The number of aromatic amines is 1. The van der Waals surface area contributed by atoms with Crippen molar-refractivity contribution in [1.29, 1.82) is 0 Å². The average molecular weight is 333 g/mol. The van der Waals surface area contributed by atoms with Gasteiger partial charge in [-0.05, 0) is 50.9 Å². The van der Waals surface area contributed by atoms with Crippen LogP contribution in [0.15, 0.2) is 23.0 Å². The Kier molecular flexibility index (Phi) is 3.87. The molecule has 2 N–H and O–H groups in total. The van der Waals surface area contributed by atoms with E-state index in [0.29, 0.717) is 40.6 Å². The van der Waals surface area contributed by atoms with E-state index < -0.39 is 0 Å². The zero-order valence-electron chi connectivity index (χ0n) is 13.2. The van der Waals surface area contributed by atoms with Crippen LogP contribution in [0.5, 0.6) is 0 Å². The van der Waals surface area contributed by atoms with Gasteiger partial charge in [0.1, 0.15) is 5.82 Å². The molecule has 2 aliphatic heterocycles. The Labute approximate surface area is 140 Å². The number of H-pyrrole nitrogens is 1. The first kappa shape index (κ1) is 15.1. The Morgan fingerprint density at radius 2 is 2.04 bits per heavy atom. The van der Waals surface area contributed by atoms with Crippen LogP contribution in [0.3, 0.4) is 0 Å². The van der Waals surface area contributed by atoms with Crippen molar-refractivity contribution in [1.82, 2.24) is 20.2 Å². The molecule has 122 valence electrons. The van der Waals surface area contributed by atoms with E-state index in [1.54, 1.807) is 18.2 Å². The number of nitrogens with zero attached hydrogens (tertiary/aromatic N) is 2. The van der Waals surface area contributed by atoms with Crippen molar-refractivity contribution in [3.8, 4) is 0 Å². The van der Waals surface area contributed by atoms with E-state index in [1.807, 2.05) is 0 Å². The molecule has 1 aromatic carbocycles. The van der Waals surface area contributed by atoms with Crippen molar-refractivity contribution in [3.63, 3.8) is 0 Å². The third-order valence-electron chi connectivity index (χ3n) is 5.19. The van der Waals surface area contributed by atoms with Gasteiger partial charge >= 0.3 is 0 Å². The van der Waals surface area contributed by atoms with Gasteiger partial charge in [-0.3, -0.25) is 9.69 Å². The highest BCUT2D eigenvalue weighted by atomic mass is 35.5. The van der Waals surface area contributed by atoms with Crippen molar-refractivity contribution >= 4 is 22.5 Å². The monoisotopic (exact) mass is 332 g/mol. The quantitative estimate of drug-likeness (QED) is 0.905. The lowest BCUT2D eigenvalue weighted by Gasteiger charge is -2.35. The van der Waals surface area contributed by atoms with E-state index >= 15 is 0 Å². The third kappa shape index (κ3) is 3.01. The molecule has 0 radical (unpaired) electrons. The molecular weight excluding hydrogens is 312 g/mol. The highest BCUT2D eigenvalue weighted by molar-refractivity contribution is 6.31. The largest absolute Gasteiger partial charge is 0.311 e. The highest BCUT2D eigenvalue weighted by Gasteiger charge is 2.35. The molecule has 5 nitrogen and oxygen atoms in total. The molecule has 0 aliphatic carbocycles. The first-order chi connectivity index (χ1) is 11.1. The molecule has 0 spiro atoms. The molecule has 2 bridgehead atoms. The van der Waals surface area contributed by atoms with Gasteiger partial charge in [-0.15, -0.1) is 0 Å². The van der Waals surface area contributed by atoms with Crippen LogP contribution in [0.2, 0.25) is 5.02 Å². The van der Waals surface area contributed by atoms with E-state index in [9.17, 15) is 4.79 Å². The van der Waals surface area contributed by atoms with Crippen LogP contribution in [0, 0.1) is 0 Å². The van der Waals surface area contributed by atoms with E-state index in [0.717, 1.165) is 5.82 Å². The molecule has 0 amide bonds. The molecule has 2 atom stereocenters. The van der Waals surface area contributed by atoms with Crippen LogP contribution >= 0.6 is 11.6 Å². The van der Waals surface area contributed by atoms with Crippen molar-refractivity contribution in [2.24, 2.45) is 0 Å². The van der Waals surface area contributed by atoms with E-state index in [2.05, 4.69) is 27.2 Å². The molecule has 2 fully saturated rings. The summed E-state index contributed by atoms with van der Waals surface area (Å²) < 4.78 is 0. The molecular formula is C17H21ClN4O. The van der Waals surface area contributed by atoms with E-state index in [1.165, 1.54) is 25.7 Å². The van der Waals surface area contributed by atoms with Gasteiger partial charge < -0.3 is 10.3 Å². The number of nitrogens with one attached hydrogen (secondary N) is 2. The number of benzene rings is 1. The molecule has 3 heterocycles. The van der Waals surface area contributed by atoms with Crippen LogP contribution in [0.25, 0.3) is 10.9 Å². The SMILES string of the molecule is CN(Cc1nc2ccc(Cl)cc2c(=O)[nH]1)C1CC2CCC(C1)N2. The second-order valence-electron chi connectivity index (χ2n) is 6.85. The summed E-state index contributed by atoms with van der Waals surface area (Å²) in [6.45, 7) is 0.665. The molecule has 2 aliphatic rings. The molecule has 0 saturated carbocycles. The predicted molar refractivity (Wildman–Crippen MR) is 91.8 cm³/mol. The van der Waals surface area contributed by atoms with Crippen LogP contribution in [-0.2, 0) is 6.54 Å². The number of hydrogen-bond acceptors (Lipinski definition) is 4. The molecule has 6 heteroatoms. The fourth-order valence-electron chi connectivity index (χ4n) is 3.99. The van der Waals surface area contributed by atoms with Crippen LogP contribution in [0.1, 0.15) is 31.5 Å². The second-order valence-corrected chi connectivity index (χ2v) is 7.29. The Bertz CT molecular complexity index is 778. The minimum Gasteiger partial charge on any atom is -0.311 e. The Morgan fingerprint density at radius 1 is 1.30 bits per heavy atom. The maximum Gasteiger partial charge on any atom is 0.258 e. The number of fused-ring (bicyclic) bond motifs is 3. The maximum absolute atomic E-state index is 12.2. The van der Waals surface area contributed by atoms with Gasteiger partial charge in [0.2, 0.25) is 0 Å². The maximum atomic E-state index is 12.2. The molecule has 2 unspecified atom stereocenters. The standard InChI is InChI=1S/C17H21ClN4O/c1-22(13-7-11-3-4-12(8-13)19-11)9-16-20-15-5-2-10(18)6-14(15)17(23)21-16/h2,5-6,11-13,19H,3-4,7-9H2,1H3,(H,20,21,23).